The van der Waals surface area contributed by atoms with Crippen LogP contribution in [0.5, 0.6) is 5.75 Å². The summed E-state index contributed by atoms with van der Waals surface area (Å²) < 4.78 is 6.40. The lowest BCUT2D eigenvalue weighted by molar-refractivity contribution is 0.0300. The Kier molecular flexibility index (Phi) is 3.09. The highest BCUT2D eigenvalue weighted by atomic mass is 16.5. The lowest BCUT2D eigenvalue weighted by Gasteiger charge is -2.39. The van der Waals surface area contributed by atoms with Gasteiger partial charge in [0.15, 0.2) is 0 Å². The molecule has 2 saturated carbocycles. The van der Waals surface area contributed by atoms with E-state index in [-0.39, 0.29) is 17.4 Å². The second kappa shape index (κ2) is 4.49. The standard InChI is InChI=1S/C18H26N2O/c1-11-5-6-13(16(19)20)14(9-11)21-15-10-12-7-8-18(15,4)17(12,2)3/h5-6,9,12,15H,7-8,10H2,1-4H3,(H3,19,20). The molecule has 2 aliphatic carbocycles. The lowest BCUT2D eigenvalue weighted by Crippen LogP contribution is -2.39. The maximum atomic E-state index is 7.75. The van der Waals surface area contributed by atoms with Gasteiger partial charge in [-0.15, -0.1) is 0 Å². The summed E-state index contributed by atoms with van der Waals surface area (Å²) in [6.45, 7) is 9.18. The van der Waals surface area contributed by atoms with E-state index in [1.807, 2.05) is 25.1 Å². The number of rotatable bonds is 3. The van der Waals surface area contributed by atoms with E-state index in [4.69, 9.17) is 15.9 Å². The second-order valence-electron chi connectivity index (χ2n) is 7.63. The van der Waals surface area contributed by atoms with Crippen LogP contribution in [0.15, 0.2) is 18.2 Å². The van der Waals surface area contributed by atoms with Gasteiger partial charge in [-0.2, -0.15) is 0 Å². The first-order valence-electron chi connectivity index (χ1n) is 7.87. The molecule has 3 heteroatoms. The van der Waals surface area contributed by atoms with Gasteiger partial charge in [0.2, 0.25) is 0 Å². The molecule has 114 valence electrons. The molecule has 1 aromatic rings. The molecule has 3 atom stereocenters. The monoisotopic (exact) mass is 286 g/mol. The third-order valence-corrected chi connectivity index (χ3v) is 6.41. The molecule has 0 aliphatic heterocycles. The summed E-state index contributed by atoms with van der Waals surface area (Å²) in [6.07, 6.45) is 3.90. The predicted molar refractivity (Wildman–Crippen MR) is 85.8 cm³/mol. The summed E-state index contributed by atoms with van der Waals surface area (Å²) in [6, 6.07) is 5.89. The molecule has 2 fully saturated rings. The van der Waals surface area contributed by atoms with Gasteiger partial charge < -0.3 is 10.5 Å². The fourth-order valence-electron chi connectivity index (χ4n) is 4.41. The first-order valence-corrected chi connectivity index (χ1v) is 7.87. The van der Waals surface area contributed by atoms with E-state index in [1.54, 1.807) is 0 Å². The molecular formula is C18H26N2O. The Labute approximate surface area is 127 Å². The molecule has 0 heterocycles. The zero-order valence-electron chi connectivity index (χ0n) is 13.5. The van der Waals surface area contributed by atoms with E-state index in [9.17, 15) is 0 Å². The molecule has 0 amide bonds. The molecule has 0 radical (unpaired) electrons. The Morgan fingerprint density at radius 2 is 2.05 bits per heavy atom. The number of hydrogen-bond acceptors (Lipinski definition) is 2. The van der Waals surface area contributed by atoms with Crippen molar-refractivity contribution in [2.24, 2.45) is 22.5 Å². The van der Waals surface area contributed by atoms with Gasteiger partial charge in [-0.05, 0) is 55.2 Å². The van der Waals surface area contributed by atoms with Gasteiger partial charge in [0.1, 0.15) is 17.7 Å². The summed E-state index contributed by atoms with van der Waals surface area (Å²) in [5.41, 5.74) is 8.11. The van der Waals surface area contributed by atoms with Crippen LogP contribution in [-0.4, -0.2) is 11.9 Å². The zero-order chi connectivity index (χ0) is 15.4. The number of hydrogen-bond donors (Lipinski definition) is 2. The highest BCUT2D eigenvalue weighted by molar-refractivity contribution is 5.97. The van der Waals surface area contributed by atoms with Crippen LogP contribution in [-0.2, 0) is 0 Å². The van der Waals surface area contributed by atoms with E-state index in [0.29, 0.717) is 11.0 Å². The number of amidine groups is 1. The van der Waals surface area contributed by atoms with Crippen molar-refractivity contribution in [1.29, 1.82) is 5.41 Å². The Bertz CT molecular complexity index is 593. The van der Waals surface area contributed by atoms with Crippen molar-refractivity contribution in [3.8, 4) is 5.75 Å². The summed E-state index contributed by atoms with van der Waals surface area (Å²) in [7, 11) is 0. The number of nitrogens with two attached hydrogens (primary N) is 1. The zero-order valence-corrected chi connectivity index (χ0v) is 13.5. The SMILES string of the molecule is Cc1ccc(C(=N)N)c(OC2CC3CCC2(C)C3(C)C)c1. The summed E-state index contributed by atoms with van der Waals surface area (Å²) in [5, 5.41) is 7.75. The third kappa shape index (κ3) is 1.97. The number of nitrogen functional groups attached to an aromatic ring is 1. The Morgan fingerprint density at radius 1 is 1.33 bits per heavy atom. The molecule has 3 rings (SSSR count). The van der Waals surface area contributed by atoms with E-state index in [0.717, 1.165) is 23.7 Å². The molecule has 0 spiro atoms. The topological polar surface area (TPSA) is 59.1 Å². The predicted octanol–water partition coefficient (Wildman–Crippen LogP) is 3.87. The van der Waals surface area contributed by atoms with Gasteiger partial charge in [-0.1, -0.05) is 26.8 Å². The molecule has 3 unspecified atom stereocenters. The van der Waals surface area contributed by atoms with Crippen LogP contribution in [0.3, 0.4) is 0 Å². The maximum absolute atomic E-state index is 7.75. The first-order chi connectivity index (χ1) is 9.75. The van der Waals surface area contributed by atoms with Crippen LogP contribution >= 0.6 is 0 Å². The normalized spacial score (nSPS) is 33.1. The minimum Gasteiger partial charge on any atom is -0.489 e. The summed E-state index contributed by atoms with van der Waals surface area (Å²) in [4.78, 5) is 0. The van der Waals surface area contributed by atoms with Crippen molar-refractivity contribution in [3.05, 3.63) is 29.3 Å². The number of benzene rings is 1. The van der Waals surface area contributed by atoms with Crippen molar-refractivity contribution >= 4 is 5.84 Å². The minimum absolute atomic E-state index is 0.0811. The van der Waals surface area contributed by atoms with Gasteiger partial charge in [0.25, 0.3) is 0 Å². The molecule has 0 aromatic heterocycles. The van der Waals surface area contributed by atoms with E-state index < -0.39 is 0 Å². The van der Waals surface area contributed by atoms with Crippen molar-refractivity contribution in [3.63, 3.8) is 0 Å². The number of aryl methyl sites for hydroxylation is 1. The molecule has 3 N–H and O–H groups in total. The lowest BCUT2D eigenvalue weighted by atomic mass is 9.70. The minimum atomic E-state index is 0.0811. The van der Waals surface area contributed by atoms with Gasteiger partial charge in [-0.25, -0.2) is 0 Å². The fraction of sp³-hybridized carbons (Fsp3) is 0.611. The Morgan fingerprint density at radius 3 is 2.57 bits per heavy atom. The highest BCUT2D eigenvalue weighted by Gasteiger charge is 2.62. The van der Waals surface area contributed by atoms with E-state index in [1.165, 1.54) is 12.8 Å². The van der Waals surface area contributed by atoms with E-state index in [2.05, 4.69) is 20.8 Å². The van der Waals surface area contributed by atoms with Crippen molar-refractivity contribution in [2.45, 2.75) is 53.1 Å². The van der Waals surface area contributed by atoms with Crippen LogP contribution in [0.25, 0.3) is 0 Å². The van der Waals surface area contributed by atoms with Gasteiger partial charge in [0.05, 0.1) is 5.56 Å². The van der Waals surface area contributed by atoms with Gasteiger partial charge in [0, 0.05) is 5.41 Å². The number of ether oxygens (including phenoxy) is 1. The van der Waals surface area contributed by atoms with Crippen molar-refractivity contribution in [1.82, 2.24) is 0 Å². The smallest absolute Gasteiger partial charge is 0.130 e. The maximum Gasteiger partial charge on any atom is 0.130 e. The molecule has 2 bridgehead atoms. The number of fused-ring (bicyclic) bond motifs is 2. The largest absolute Gasteiger partial charge is 0.489 e. The molecular weight excluding hydrogens is 260 g/mol. The fourth-order valence-corrected chi connectivity index (χ4v) is 4.41. The molecule has 1 aromatic carbocycles. The molecule has 0 saturated heterocycles. The van der Waals surface area contributed by atoms with E-state index >= 15 is 0 Å². The second-order valence-corrected chi connectivity index (χ2v) is 7.63. The quantitative estimate of drug-likeness (QED) is 0.654. The first kappa shape index (κ1) is 14.4. The Hall–Kier alpha value is -1.51. The van der Waals surface area contributed by atoms with Crippen LogP contribution in [0, 0.1) is 29.1 Å². The van der Waals surface area contributed by atoms with Crippen LogP contribution in [0.2, 0.25) is 0 Å². The number of nitrogens with one attached hydrogen (secondary N) is 1. The van der Waals surface area contributed by atoms with Crippen LogP contribution in [0.4, 0.5) is 0 Å². The molecule has 21 heavy (non-hydrogen) atoms. The molecule has 3 nitrogen and oxygen atoms in total. The summed E-state index contributed by atoms with van der Waals surface area (Å²) in [5.74, 6) is 1.60. The highest BCUT2D eigenvalue weighted by Crippen LogP contribution is 2.66. The van der Waals surface area contributed by atoms with Crippen molar-refractivity contribution < 1.29 is 4.74 Å². The molecule has 2 aliphatic rings. The summed E-state index contributed by atoms with van der Waals surface area (Å²) >= 11 is 0. The average Bonchev–Trinajstić information content (AvgIpc) is 2.71. The van der Waals surface area contributed by atoms with Gasteiger partial charge in [-0.3, -0.25) is 5.41 Å². The van der Waals surface area contributed by atoms with Crippen molar-refractivity contribution in [2.75, 3.05) is 0 Å². The van der Waals surface area contributed by atoms with Gasteiger partial charge >= 0.3 is 0 Å². The van der Waals surface area contributed by atoms with Crippen LogP contribution in [0.1, 0.15) is 51.2 Å². The van der Waals surface area contributed by atoms with Crippen LogP contribution < -0.4 is 10.5 Å². The Balaban J connectivity index is 1.92. The third-order valence-electron chi connectivity index (χ3n) is 6.41. The average molecular weight is 286 g/mol.